The number of anilines is 1. The Hall–Kier alpha value is -1.85. The number of nitrogens with zero attached hydrogens (tertiary/aromatic N) is 1. The average molecular weight is 337 g/mol. The summed E-state index contributed by atoms with van der Waals surface area (Å²) in [5.74, 6) is 0.776. The van der Waals surface area contributed by atoms with Crippen molar-refractivity contribution in [2.45, 2.75) is 26.9 Å². The second kappa shape index (κ2) is 7.42. The van der Waals surface area contributed by atoms with Gasteiger partial charge in [0, 0.05) is 16.3 Å². The summed E-state index contributed by atoms with van der Waals surface area (Å²) >= 11 is 11.5. The molecule has 0 radical (unpaired) electrons. The molecular formula is C16H17ClN2O2S. The number of benzene rings is 1. The van der Waals surface area contributed by atoms with Crippen molar-refractivity contribution in [3.05, 3.63) is 52.4 Å². The Morgan fingerprint density at radius 2 is 2.18 bits per heavy atom. The quantitative estimate of drug-likeness (QED) is 0.484. The van der Waals surface area contributed by atoms with Gasteiger partial charge in [-0.1, -0.05) is 29.0 Å². The first-order chi connectivity index (χ1) is 10.5. The molecule has 4 nitrogen and oxygen atoms in total. The van der Waals surface area contributed by atoms with Gasteiger partial charge >= 0.3 is 0 Å². The lowest BCUT2D eigenvalue weighted by molar-refractivity contribution is 0.0874. The molecule has 0 aliphatic rings. The smallest absolute Gasteiger partial charge is 0.122 e. The zero-order valence-electron chi connectivity index (χ0n) is 12.6. The molecule has 0 aliphatic heterocycles. The Labute approximate surface area is 140 Å². The fraction of sp³-hybridized carbons (Fsp3) is 0.250. The molecule has 6 heteroatoms. The van der Waals surface area contributed by atoms with Crippen molar-refractivity contribution < 1.29 is 9.25 Å². The molecule has 0 amide bonds. The van der Waals surface area contributed by atoms with Crippen LogP contribution in [-0.4, -0.2) is 17.3 Å². The van der Waals surface area contributed by atoms with Crippen LogP contribution in [-0.2, 0) is 4.84 Å². The lowest BCUT2D eigenvalue weighted by Crippen LogP contribution is -2.11. The van der Waals surface area contributed by atoms with Crippen LogP contribution in [0.15, 0.2) is 40.1 Å². The Kier molecular flexibility index (Phi) is 5.57. The maximum atomic E-state index is 6.15. The lowest BCUT2D eigenvalue weighted by Gasteiger charge is -2.09. The van der Waals surface area contributed by atoms with Crippen LogP contribution in [0.5, 0.6) is 0 Å². The van der Waals surface area contributed by atoms with E-state index in [1.165, 1.54) is 0 Å². The zero-order valence-corrected chi connectivity index (χ0v) is 14.2. The summed E-state index contributed by atoms with van der Waals surface area (Å²) in [6, 6.07) is 7.33. The van der Waals surface area contributed by atoms with E-state index in [2.05, 4.69) is 10.5 Å². The molecule has 1 aromatic heterocycles. The number of hydrogen-bond donors (Lipinski definition) is 1. The molecule has 0 bridgehead atoms. The number of thiocarbonyl (C=S) groups is 1. The van der Waals surface area contributed by atoms with Crippen molar-refractivity contribution in [1.29, 1.82) is 0 Å². The van der Waals surface area contributed by atoms with Crippen LogP contribution in [0.2, 0.25) is 5.02 Å². The van der Waals surface area contributed by atoms with Gasteiger partial charge in [0.25, 0.3) is 0 Å². The lowest BCUT2D eigenvalue weighted by atomic mass is 10.2. The minimum absolute atomic E-state index is 0.0213. The normalized spacial score (nSPS) is 11.1. The molecule has 0 atom stereocenters. The van der Waals surface area contributed by atoms with Crippen molar-refractivity contribution in [2.75, 3.05) is 5.32 Å². The van der Waals surface area contributed by atoms with Crippen molar-refractivity contribution in [3.8, 4) is 0 Å². The van der Waals surface area contributed by atoms with E-state index < -0.39 is 0 Å². The number of nitrogens with one attached hydrogen (secondary N) is 1. The number of hydrogen-bond acceptors (Lipinski definition) is 4. The maximum absolute atomic E-state index is 6.15. The number of aryl methyl sites for hydroxylation is 1. The predicted octanol–water partition coefficient (Wildman–Crippen LogP) is 4.79. The van der Waals surface area contributed by atoms with E-state index in [0.29, 0.717) is 10.0 Å². The van der Waals surface area contributed by atoms with Crippen LogP contribution >= 0.6 is 23.8 Å². The zero-order chi connectivity index (χ0) is 16.1. The van der Waals surface area contributed by atoms with Gasteiger partial charge in [0.05, 0.1) is 18.0 Å². The van der Waals surface area contributed by atoms with Crippen LogP contribution in [0.3, 0.4) is 0 Å². The summed E-state index contributed by atoms with van der Waals surface area (Å²) < 4.78 is 5.26. The van der Waals surface area contributed by atoms with E-state index >= 15 is 0 Å². The number of furan rings is 1. The Balaban J connectivity index is 2.14. The van der Waals surface area contributed by atoms with Gasteiger partial charge in [-0.2, -0.15) is 0 Å². The van der Waals surface area contributed by atoms with Gasteiger partial charge in [0.15, 0.2) is 0 Å². The number of halogens is 1. The first-order valence-electron chi connectivity index (χ1n) is 6.81. The van der Waals surface area contributed by atoms with Crippen molar-refractivity contribution in [3.63, 3.8) is 0 Å². The van der Waals surface area contributed by atoms with Gasteiger partial charge < -0.3 is 14.6 Å². The van der Waals surface area contributed by atoms with Gasteiger partial charge in [-0.3, -0.25) is 0 Å². The molecule has 22 heavy (non-hydrogen) atoms. The molecule has 1 aromatic carbocycles. The van der Waals surface area contributed by atoms with E-state index in [1.54, 1.807) is 18.5 Å². The van der Waals surface area contributed by atoms with Crippen LogP contribution in [0, 0.1) is 6.92 Å². The number of oxime groups is 1. The van der Waals surface area contributed by atoms with Crippen LogP contribution in [0.25, 0.3) is 0 Å². The van der Waals surface area contributed by atoms with Gasteiger partial charge in [0.2, 0.25) is 0 Å². The largest absolute Gasteiger partial charge is 0.469 e. The number of rotatable bonds is 5. The van der Waals surface area contributed by atoms with Gasteiger partial charge in [-0.25, -0.2) is 0 Å². The van der Waals surface area contributed by atoms with E-state index in [0.717, 1.165) is 22.6 Å². The topological polar surface area (TPSA) is 46.8 Å². The first kappa shape index (κ1) is 16.5. The van der Waals surface area contributed by atoms with Crippen LogP contribution < -0.4 is 5.32 Å². The minimum Gasteiger partial charge on any atom is -0.469 e. The molecule has 0 spiro atoms. The van der Waals surface area contributed by atoms with E-state index in [4.69, 9.17) is 33.1 Å². The molecule has 0 aliphatic carbocycles. The van der Waals surface area contributed by atoms with Gasteiger partial charge in [-0.05, 0) is 45.0 Å². The molecule has 0 saturated carbocycles. The molecular weight excluding hydrogens is 320 g/mol. The first-order valence-corrected chi connectivity index (χ1v) is 7.60. The molecule has 0 saturated heterocycles. The summed E-state index contributed by atoms with van der Waals surface area (Å²) in [6.45, 7) is 5.68. The highest BCUT2D eigenvalue weighted by Gasteiger charge is 2.08. The third-order valence-corrected chi connectivity index (χ3v) is 3.49. The maximum Gasteiger partial charge on any atom is 0.122 e. The average Bonchev–Trinajstić information content (AvgIpc) is 2.88. The van der Waals surface area contributed by atoms with E-state index in [9.17, 15) is 0 Å². The second-order valence-electron chi connectivity index (χ2n) is 4.97. The predicted molar refractivity (Wildman–Crippen MR) is 94.0 cm³/mol. The summed E-state index contributed by atoms with van der Waals surface area (Å²) in [7, 11) is 0. The van der Waals surface area contributed by atoms with Crippen LogP contribution in [0.1, 0.15) is 30.7 Å². The summed E-state index contributed by atoms with van der Waals surface area (Å²) in [4.78, 5) is 5.74. The van der Waals surface area contributed by atoms with E-state index in [-0.39, 0.29) is 6.10 Å². The molecule has 0 unspecified atom stereocenters. The Morgan fingerprint density at radius 1 is 1.41 bits per heavy atom. The van der Waals surface area contributed by atoms with Gasteiger partial charge in [-0.15, -0.1) is 0 Å². The monoisotopic (exact) mass is 336 g/mol. The Bertz CT molecular complexity index is 695. The standard InChI is InChI=1S/C16H17ClN2O2S/c1-10(2)21-18-9-12-8-13(4-5-15(12)17)19-16(22)14-6-7-20-11(14)3/h4-10H,1-3H3,(H,19,22)/b18-9-. The highest BCUT2D eigenvalue weighted by molar-refractivity contribution is 7.81. The third kappa shape index (κ3) is 4.32. The van der Waals surface area contributed by atoms with Gasteiger partial charge in [0.1, 0.15) is 16.9 Å². The molecule has 2 aromatic rings. The van der Waals surface area contributed by atoms with Crippen LogP contribution in [0.4, 0.5) is 5.69 Å². The molecule has 1 heterocycles. The minimum atomic E-state index is 0.0213. The fourth-order valence-electron chi connectivity index (χ4n) is 1.75. The summed E-state index contributed by atoms with van der Waals surface area (Å²) in [5, 5.41) is 7.65. The highest BCUT2D eigenvalue weighted by atomic mass is 35.5. The SMILES string of the molecule is Cc1occc1C(=S)Nc1ccc(Cl)c(/C=N\OC(C)C)c1. The third-order valence-electron chi connectivity index (χ3n) is 2.82. The fourth-order valence-corrected chi connectivity index (χ4v) is 2.24. The summed E-state index contributed by atoms with van der Waals surface area (Å²) in [6.07, 6.45) is 3.22. The molecule has 2 rings (SSSR count). The van der Waals surface area contributed by atoms with Crippen molar-refractivity contribution >= 4 is 40.7 Å². The second-order valence-corrected chi connectivity index (χ2v) is 5.78. The highest BCUT2D eigenvalue weighted by Crippen LogP contribution is 2.21. The van der Waals surface area contributed by atoms with Crippen molar-refractivity contribution in [1.82, 2.24) is 0 Å². The molecule has 1 N–H and O–H groups in total. The Morgan fingerprint density at radius 3 is 2.82 bits per heavy atom. The molecule has 0 fully saturated rings. The summed E-state index contributed by atoms with van der Waals surface area (Å²) in [5.41, 5.74) is 2.43. The van der Waals surface area contributed by atoms with E-state index in [1.807, 2.05) is 39.0 Å². The van der Waals surface area contributed by atoms with Crippen molar-refractivity contribution in [2.24, 2.45) is 5.16 Å². The molecule has 116 valence electrons.